The van der Waals surface area contributed by atoms with Crippen molar-refractivity contribution >= 4 is 34.9 Å². The molecule has 0 saturated heterocycles. The second kappa shape index (κ2) is 11.8. The topological polar surface area (TPSA) is 56.8 Å². The molecule has 5 nitrogen and oxygen atoms in total. The lowest BCUT2D eigenvalue weighted by molar-refractivity contribution is -0.170. The first-order chi connectivity index (χ1) is 16.6. The van der Waals surface area contributed by atoms with Crippen LogP contribution in [0.5, 0.6) is 5.75 Å². The van der Waals surface area contributed by atoms with Gasteiger partial charge in [0, 0.05) is 21.3 Å². The molecule has 7 heteroatoms. The quantitative estimate of drug-likeness (QED) is 0.301. The molecule has 0 aromatic heterocycles. The average Bonchev–Trinajstić information content (AvgIpc) is 2.80. The van der Waals surface area contributed by atoms with Crippen molar-refractivity contribution in [2.75, 3.05) is 12.4 Å². The summed E-state index contributed by atoms with van der Waals surface area (Å²) in [5.74, 6) is 0.239. The lowest BCUT2D eigenvalue weighted by Gasteiger charge is -2.31. The maximum Gasteiger partial charge on any atom is 0.338 e. The van der Waals surface area contributed by atoms with E-state index in [-0.39, 0.29) is 6.61 Å². The third-order valence-corrected chi connectivity index (χ3v) is 5.97. The Bertz CT molecular complexity index is 1100. The number of methoxy groups -OCH3 is 1. The molecule has 0 amide bonds. The maximum absolute atomic E-state index is 13.4. The molecule has 0 aliphatic heterocycles. The van der Waals surface area contributed by atoms with E-state index >= 15 is 0 Å². The molecule has 3 aromatic carbocycles. The van der Waals surface area contributed by atoms with Gasteiger partial charge < -0.3 is 19.5 Å². The third-order valence-electron chi connectivity index (χ3n) is 5.26. The Kier molecular flexibility index (Phi) is 9.06. The summed E-state index contributed by atoms with van der Waals surface area (Å²) in [6, 6.07) is 20.1. The summed E-state index contributed by atoms with van der Waals surface area (Å²) in [5, 5.41) is 4.39. The lowest BCUT2D eigenvalue weighted by Crippen LogP contribution is -2.40. The first kappa shape index (κ1) is 26.9. The van der Waals surface area contributed by atoms with Crippen molar-refractivity contribution in [2.45, 2.75) is 52.0 Å². The average molecular weight is 516 g/mol. The van der Waals surface area contributed by atoms with Crippen LogP contribution in [0.3, 0.4) is 0 Å². The highest BCUT2D eigenvalue weighted by atomic mass is 35.5. The molecule has 3 rings (SSSR count). The Morgan fingerprint density at radius 2 is 1.54 bits per heavy atom. The van der Waals surface area contributed by atoms with Crippen LogP contribution >= 0.6 is 23.2 Å². The van der Waals surface area contributed by atoms with Gasteiger partial charge in [0.05, 0.1) is 19.8 Å². The normalized spacial score (nSPS) is 13.1. The van der Waals surface area contributed by atoms with Gasteiger partial charge in [0.2, 0.25) is 0 Å². The summed E-state index contributed by atoms with van der Waals surface area (Å²) in [6.45, 7) is 7.52. The Morgan fingerprint density at radius 1 is 0.943 bits per heavy atom. The van der Waals surface area contributed by atoms with Crippen LogP contribution in [0, 0.1) is 6.92 Å². The zero-order valence-corrected chi connectivity index (χ0v) is 22.1. The smallest absolute Gasteiger partial charge is 0.338 e. The number of nitrogens with one attached hydrogen (secondary N) is 1. The molecule has 0 unspecified atom stereocenters. The van der Waals surface area contributed by atoms with Crippen LogP contribution in [-0.2, 0) is 20.9 Å². The number of esters is 1. The molecule has 0 aliphatic rings. The lowest BCUT2D eigenvalue weighted by atomic mass is 9.99. The zero-order valence-electron chi connectivity index (χ0n) is 20.6. The van der Waals surface area contributed by atoms with Gasteiger partial charge in [-0.2, -0.15) is 0 Å². The molecular formula is C28H31Cl2NO4. The molecule has 0 saturated carbocycles. The number of halogens is 2. The molecule has 0 fully saturated rings. The van der Waals surface area contributed by atoms with Gasteiger partial charge in [0.25, 0.3) is 0 Å². The number of ether oxygens (including phenoxy) is 3. The molecule has 186 valence electrons. The van der Waals surface area contributed by atoms with E-state index < -0.39 is 23.7 Å². The number of aryl methyl sites for hydroxylation is 1. The van der Waals surface area contributed by atoms with Gasteiger partial charge in [-0.05, 0) is 69.7 Å². The summed E-state index contributed by atoms with van der Waals surface area (Å²) in [6.07, 6.45) is -0.994. The highest BCUT2D eigenvalue weighted by Gasteiger charge is 2.35. The maximum atomic E-state index is 13.4. The van der Waals surface area contributed by atoms with Crippen molar-refractivity contribution in [3.63, 3.8) is 0 Å². The molecule has 0 spiro atoms. The number of anilines is 1. The Morgan fingerprint density at radius 3 is 2.09 bits per heavy atom. The van der Waals surface area contributed by atoms with Crippen molar-refractivity contribution in [2.24, 2.45) is 0 Å². The number of carbonyl (C=O) groups is 1. The SMILES string of the molecule is COc1ccc(N[C@H](c2ccc(C)cc2)[C@H](OCc2c(Cl)cccc2Cl)C(=O)OC(C)(C)C)cc1. The fraction of sp³-hybridized carbons (Fsp3) is 0.321. The minimum atomic E-state index is -0.994. The van der Waals surface area contributed by atoms with E-state index in [4.69, 9.17) is 37.4 Å². The van der Waals surface area contributed by atoms with E-state index in [1.165, 1.54) is 0 Å². The predicted octanol–water partition coefficient (Wildman–Crippen LogP) is 7.39. The monoisotopic (exact) mass is 515 g/mol. The van der Waals surface area contributed by atoms with Crippen LogP contribution in [0.15, 0.2) is 66.7 Å². The molecule has 0 aliphatic carbocycles. The van der Waals surface area contributed by atoms with E-state index in [1.54, 1.807) is 25.3 Å². The molecule has 35 heavy (non-hydrogen) atoms. The minimum absolute atomic E-state index is 0.0368. The molecule has 0 bridgehead atoms. The van der Waals surface area contributed by atoms with Gasteiger partial charge in [-0.15, -0.1) is 0 Å². The van der Waals surface area contributed by atoms with E-state index in [9.17, 15) is 4.79 Å². The number of rotatable bonds is 9. The van der Waals surface area contributed by atoms with Crippen LogP contribution in [0.25, 0.3) is 0 Å². The van der Waals surface area contributed by atoms with Crippen molar-refractivity contribution in [1.29, 1.82) is 0 Å². The van der Waals surface area contributed by atoms with Crippen LogP contribution in [0.1, 0.15) is 43.5 Å². The van der Waals surface area contributed by atoms with Crippen molar-refractivity contribution in [3.8, 4) is 5.75 Å². The van der Waals surface area contributed by atoms with Crippen LogP contribution in [0.4, 0.5) is 5.69 Å². The Hall–Kier alpha value is -2.73. The van der Waals surface area contributed by atoms with Gasteiger partial charge in [-0.1, -0.05) is 59.1 Å². The largest absolute Gasteiger partial charge is 0.497 e. The van der Waals surface area contributed by atoms with Crippen LogP contribution < -0.4 is 10.1 Å². The summed E-state index contributed by atoms with van der Waals surface area (Å²) >= 11 is 12.7. The molecular weight excluding hydrogens is 485 g/mol. The molecule has 1 N–H and O–H groups in total. The van der Waals surface area contributed by atoms with Crippen LogP contribution in [0.2, 0.25) is 10.0 Å². The Labute approximate surface area is 217 Å². The number of hydrogen-bond donors (Lipinski definition) is 1. The van der Waals surface area contributed by atoms with E-state index in [1.807, 2.05) is 76.2 Å². The number of carbonyl (C=O) groups excluding carboxylic acids is 1. The molecule has 0 heterocycles. The molecule has 2 atom stereocenters. The van der Waals surface area contributed by atoms with E-state index in [0.717, 1.165) is 22.6 Å². The van der Waals surface area contributed by atoms with Gasteiger partial charge in [0.1, 0.15) is 11.4 Å². The van der Waals surface area contributed by atoms with E-state index in [2.05, 4.69) is 5.32 Å². The third kappa shape index (κ3) is 7.63. The van der Waals surface area contributed by atoms with Gasteiger partial charge in [-0.25, -0.2) is 4.79 Å². The van der Waals surface area contributed by atoms with Gasteiger partial charge in [0.15, 0.2) is 6.10 Å². The summed E-state index contributed by atoms with van der Waals surface area (Å²) in [5.41, 5.74) is 2.68. The van der Waals surface area contributed by atoms with Crippen LogP contribution in [-0.4, -0.2) is 24.8 Å². The predicted molar refractivity (Wildman–Crippen MR) is 141 cm³/mol. The van der Waals surface area contributed by atoms with Crippen molar-refractivity contribution in [1.82, 2.24) is 0 Å². The highest BCUT2D eigenvalue weighted by molar-refractivity contribution is 6.35. The van der Waals surface area contributed by atoms with Crippen molar-refractivity contribution in [3.05, 3.63) is 93.5 Å². The first-order valence-corrected chi connectivity index (χ1v) is 12.1. The fourth-order valence-electron chi connectivity index (χ4n) is 3.48. The fourth-order valence-corrected chi connectivity index (χ4v) is 3.98. The first-order valence-electron chi connectivity index (χ1n) is 11.3. The minimum Gasteiger partial charge on any atom is -0.497 e. The summed E-state index contributed by atoms with van der Waals surface area (Å²) in [7, 11) is 1.61. The van der Waals surface area contributed by atoms with Gasteiger partial charge >= 0.3 is 5.97 Å². The zero-order chi connectivity index (χ0) is 25.6. The summed E-state index contributed by atoms with van der Waals surface area (Å²) < 4.78 is 17.3. The standard InChI is InChI=1S/C28H31Cl2NO4/c1-18-9-11-19(12-10-18)25(31-20-13-15-21(33-5)16-14-20)26(27(32)35-28(2,3)4)34-17-22-23(29)7-6-8-24(22)30/h6-16,25-26,31H,17H2,1-5H3/t25-,26+/m1/s1. The van der Waals surface area contributed by atoms with Gasteiger partial charge in [-0.3, -0.25) is 0 Å². The number of benzene rings is 3. The highest BCUT2D eigenvalue weighted by Crippen LogP contribution is 2.31. The second-order valence-electron chi connectivity index (χ2n) is 9.23. The van der Waals surface area contributed by atoms with E-state index in [0.29, 0.717) is 15.6 Å². The summed E-state index contributed by atoms with van der Waals surface area (Å²) in [4.78, 5) is 13.4. The molecule has 0 radical (unpaired) electrons. The van der Waals surface area contributed by atoms with Crippen molar-refractivity contribution < 1.29 is 19.0 Å². The number of hydrogen-bond acceptors (Lipinski definition) is 5. The second-order valence-corrected chi connectivity index (χ2v) is 10.0. The molecule has 3 aromatic rings. The Balaban J connectivity index is 2.00.